The van der Waals surface area contributed by atoms with Crippen molar-refractivity contribution in [3.05, 3.63) is 62.1 Å². The summed E-state index contributed by atoms with van der Waals surface area (Å²) in [5, 5.41) is 1.52. The van der Waals surface area contributed by atoms with Gasteiger partial charge in [-0.1, -0.05) is 40.9 Å². The minimum Gasteiger partial charge on any atom is -0.426 e. The lowest BCUT2D eigenvalue weighted by molar-refractivity contribution is -0.250. The van der Waals surface area contributed by atoms with Gasteiger partial charge in [0, 0.05) is 24.2 Å². The topological polar surface area (TPSA) is 58.6 Å². The van der Waals surface area contributed by atoms with Gasteiger partial charge in [-0.2, -0.15) is 26.3 Å². The number of nitrogens with one attached hydrogen (secondary N) is 1. The number of ether oxygens (including phenoxy) is 1. The first-order chi connectivity index (χ1) is 17.1. The maximum absolute atomic E-state index is 14.3. The molecule has 1 heterocycles. The van der Waals surface area contributed by atoms with Crippen molar-refractivity contribution in [3.63, 3.8) is 0 Å². The standard InChI is InChI=1S/C23H17Cl3F6N2O3/c24-16-6-13(7-17(25)19(16)26)21(23(30,31)32)10-34(20(36)37-21)14-4-3-12(15(8-14)22(27,28)29)9-33-18(35)5-11-1-2-11/h3-4,6-8,11H,1-2,5,9-10H2,(H,33,35). The monoisotopic (exact) mass is 588 g/mol. The summed E-state index contributed by atoms with van der Waals surface area (Å²) in [5.41, 5.74) is -5.95. The number of hydrogen-bond donors (Lipinski definition) is 1. The lowest BCUT2D eigenvalue weighted by Crippen LogP contribution is -2.46. The van der Waals surface area contributed by atoms with Crippen LogP contribution in [0.2, 0.25) is 15.1 Å². The quantitative estimate of drug-likeness (QED) is 0.281. The Morgan fingerprint density at radius 1 is 1.05 bits per heavy atom. The molecule has 1 saturated heterocycles. The summed E-state index contributed by atoms with van der Waals surface area (Å²) in [6, 6.07) is 4.24. The van der Waals surface area contributed by atoms with Crippen LogP contribution in [0.4, 0.5) is 36.8 Å². The molecule has 2 amide bonds. The number of carbonyl (C=O) groups is 2. The van der Waals surface area contributed by atoms with E-state index in [1.54, 1.807) is 0 Å². The number of hydrogen-bond acceptors (Lipinski definition) is 3. The summed E-state index contributed by atoms with van der Waals surface area (Å²) >= 11 is 17.6. The van der Waals surface area contributed by atoms with Crippen LogP contribution in [0, 0.1) is 5.92 Å². The first-order valence-electron chi connectivity index (χ1n) is 10.8. The molecule has 0 aromatic heterocycles. The number of carbonyl (C=O) groups excluding carboxylic acids is 2. The molecule has 200 valence electrons. The van der Waals surface area contributed by atoms with E-state index in [1.165, 1.54) is 0 Å². The van der Waals surface area contributed by atoms with Crippen molar-refractivity contribution in [2.45, 2.75) is 43.8 Å². The largest absolute Gasteiger partial charge is 0.434 e. The van der Waals surface area contributed by atoms with Gasteiger partial charge in [0.05, 0.1) is 27.2 Å². The molecule has 1 saturated carbocycles. The highest BCUT2D eigenvalue weighted by molar-refractivity contribution is 6.48. The summed E-state index contributed by atoms with van der Waals surface area (Å²) in [6.07, 6.45) is -9.67. The second-order valence-electron chi connectivity index (χ2n) is 8.80. The van der Waals surface area contributed by atoms with E-state index in [0.29, 0.717) is 11.0 Å². The van der Waals surface area contributed by atoms with E-state index in [1.807, 2.05) is 0 Å². The second-order valence-corrected chi connectivity index (χ2v) is 9.99. The number of halogens is 9. The molecule has 0 bridgehead atoms. The van der Waals surface area contributed by atoms with Crippen LogP contribution in [-0.4, -0.2) is 24.7 Å². The number of nitrogens with zero attached hydrogens (tertiary/aromatic N) is 1. The van der Waals surface area contributed by atoms with Gasteiger partial charge in [-0.05, 0) is 48.6 Å². The van der Waals surface area contributed by atoms with Crippen molar-refractivity contribution >= 4 is 52.5 Å². The molecule has 14 heteroatoms. The van der Waals surface area contributed by atoms with Gasteiger partial charge in [-0.15, -0.1) is 0 Å². The molecule has 2 aliphatic rings. The molecule has 0 spiro atoms. The molecule has 2 aromatic carbocycles. The van der Waals surface area contributed by atoms with E-state index in [9.17, 15) is 35.9 Å². The van der Waals surface area contributed by atoms with Gasteiger partial charge < -0.3 is 10.1 Å². The van der Waals surface area contributed by atoms with Crippen LogP contribution in [0.1, 0.15) is 36.0 Å². The highest BCUT2D eigenvalue weighted by Crippen LogP contribution is 2.50. The number of amides is 2. The van der Waals surface area contributed by atoms with E-state index < -0.39 is 59.9 Å². The zero-order chi connectivity index (χ0) is 27.3. The van der Waals surface area contributed by atoms with E-state index in [0.717, 1.165) is 37.1 Å². The Balaban J connectivity index is 1.67. The van der Waals surface area contributed by atoms with Crippen molar-refractivity contribution in [2.75, 3.05) is 11.4 Å². The molecule has 2 aromatic rings. The van der Waals surface area contributed by atoms with Crippen LogP contribution in [0.5, 0.6) is 0 Å². The minimum absolute atomic E-state index is 0.206. The van der Waals surface area contributed by atoms with Gasteiger partial charge in [-0.3, -0.25) is 9.69 Å². The smallest absolute Gasteiger partial charge is 0.426 e. The van der Waals surface area contributed by atoms with Crippen LogP contribution >= 0.6 is 34.8 Å². The average Bonchev–Trinajstić information content (AvgIpc) is 3.53. The van der Waals surface area contributed by atoms with Crippen molar-refractivity contribution < 1.29 is 40.7 Å². The highest BCUT2D eigenvalue weighted by Gasteiger charge is 2.65. The van der Waals surface area contributed by atoms with Gasteiger partial charge in [0.2, 0.25) is 5.91 Å². The van der Waals surface area contributed by atoms with E-state index >= 15 is 0 Å². The number of anilines is 1. The number of cyclic esters (lactones) is 1. The molecule has 1 aliphatic carbocycles. The fourth-order valence-electron chi connectivity index (χ4n) is 3.97. The lowest BCUT2D eigenvalue weighted by Gasteiger charge is -2.30. The fourth-order valence-corrected chi connectivity index (χ4v) is 4.57. The molecule has 1 atom stereocenters. The SMILES string of the molecule is O=C(CC1CC1)NCc1ccc(N2CC(c3cc(Cl)c(Cl)c(Cl)c3)(C(F)(F)F)OC2=O)cc1C(F)(F)F. The first-order valence-corrected chi connectivity index (χ1v) is 11.9. The molecule has 1 aliphatic heterocycles. The zero-order valence-electron chi connectivity index (χ0n) is 18.6. The van der Waals surface area contributed by atoms with Crippen molar-refractivity contribution in [1.29, 1.82) is 0 Å². The summed E-state index contributed by atoms with van der Waals surface area (Å²) in [6.45, 7) is -1.65. The number of benzene rings is 2. The molecular weight excluding hydrogens is 573 g/mol. The Morgan fingerprint density at radius 3 is 2.22 bits per heavy atom. The second kappa shape index (κ2) is 9.74. The maximum Gasteiger partial charge on any atom is 0.434 e. The predicted octanol–water partition coefficient (Wildman–Crippen LogP) is 7.50. The Kier molecular flexibility index (Phi) is 7.28. The Bertz CT molecular complexity index is 1230. The van der Waals surface area contributed by atoms with Crippen LogP contribution in [-0.2, 0) is 27.9 Å². The summed E-state index contributed by atoms with van der Waals surface area (Å²) in [7, 11) is 0. The molecule has 2 fully saturated rings. The number of alkyl halides is 6. The lowest BCUT2D eigenvalue weighted by atomic mass is 9.92. The third kappa shape index (κ3) is 5.58. The van der Waals surface area contributed by atoms with Crippen molar-refractivity contribution in [3.8, 4) is 0 Å². The van der Waals surface area contributed by atoms with Crippen LogP contribution in [0.25, 0.3) is 0 Å². The molecule has 1 N–H and O–H groups in total. The normalized spacial score (nSPS) is 20.2. The predicted molar refractivity (Wildman–Crippen MR) is 124 cm³/mol. The summed E-state index contributed by atoms with van der Waals surface area (Å²) < 4.78 is 89.1. The summed E-state index contributed by atoms with van der Waals surface area (Å²) in [5.74, 6) is -0.178. The molecular formula is C23H17Cl3F6N2O3. The maximum atomic E-state index is 14.3. The third-order valence-corrected chi connectivity index (χ3v) is 7.33. The van der Waals surface area contributed by atoms with Gasteiger partial charge in [0.1, 0.15) is 0 Å². The fraction of sp³-hybridized carbons (Fsp3) is 0.391. The molecule has 4 rings (SSSR count). The zero-order valence-corrected chi connectivity index (χ0v) is 20.8. The van der Waals surface area contributed by atoms with Gasteiger partial charge in [0.25, 0.3) is 5.60 Å². The highest BCUT2D eigenvalue weighted by atomic mass is 35.5. The Hall–Kier alpha value is -2.37. The van der Waals surface area contributed by atoms with Crippen molar-refractivity contribution in [1.82, 2.24) is 5.32 Å². The molecule has 5 nitrogen and oxygen atoms in total. The van der Waals surface area contributed by atoms with Crippen LogP contribution in [0.3, 0.4) is 0 Å². The Morgan fingerprint density at radius 2 is 1.68 bits per heavy atom. The first kappa shape index (κ1) is 27.7. The summed E-state index contributed by atoms with van der Waals surface area (Å²) in [4.78, 5) is 24.9. The van der Waals surface area contributed by atoms with E-state index in [-0.39, 0.29) is 33.0 Å². The molecule has 37 heavy (non-hydrogen) atoms. The van der Waals surface area contributed by atoms with Crippen molar-refractivity contribution in [2.24, 2.45) is 5.92 Å². The van der Waals surface area contributed by atoms with Crippen LogP contribution in [0.15, 0.2) is 30.3 Å². The third-order valence-electron chi connectivity index (χ3n) is 6.13. The number of rotatable bonds is 6. The Labute approximate surface area is 221 Å². The van der Waals surface area contributed by atoms with E-state index in [4.69, 9.17) is 39.5 Å². The van der Waals surface area contributed by atoms with Gasteiger partial charge in [-0.25, -0.2) is 4.79 Å². The minimum atomic E-state index is -5.20. The molecule has 0 radical (unpaired) electrons. The molecule has 1 unspecified atom stereocenters. The van der Waals surface area contributed by atoms with Gasteiger partial charge in [0.15, 0.2) is 0 Å². The van der Waals surface area contributed by atoms with Gasteiger partial charge >= 0.3 is 18.4 Å². The van der Waals surface area contributed by atoms with E-state index in [2.05, 4.69) is 5.32 Å². The average molecular weight is 590 g/mol. The van der Waals surface area contributed by atoms with Crippen LogP contribution < -0.4 is 10.2 Å².